The van der Waals surface area contributed by atoms with E-state index in [-0.39, 0.29) is 6.61 Å². The van der Waals surface area contributed by atoms with Crippen LogP contribution in [-0.4, -0.2) is 85.5 Å². The van der Waals surface area contributed by atoms with E-state index in [0.717, 1.165) is 64.0 Å². The van der Waals surface area contributed by atoms with Gasteiger partial charge in [0.2, 0.25) is 0 Å². The van der Waals surface area contributed by atoms with Crippen LogP contribution in [0.15, 0.2) is 6.20 Å². The summed E-state index contributed by atoms with van der Waals surface area (Å²) < 4.78 is 5.40. The van der Waals surface area contributed by atoms with Gasteiger partial charge >= 0.3 is 0 Å². The Morgan fingerprint density at radius 1 is 1.32 bits per heavy atom. The van der Waals surface area contributed by atoms with Gasteiger partial charge < -0.3 is 19.6 Å². The molecule has 0 amide bonds. The fraction of sp³-hybridized carbons (Fsp3) is 0.800. The van der Waals surface area contributed by atoms with Gasteiger partial charge in [0.25, 0.3) is 0 Å². The molecule has 0 bridgehead atoms. The molecular weight excluding hydrogens is 300 g/mol. The van der Waals surface area contributed by atoms with E-state index in [1.54, 1.807) is 11.3 Å². The van der Waals surface area contributed by atoms with Crippen LogP contribution in [0.5, 0.6) is 0 Å². The summed E-state index contributed by atoms with van der Waals surface area (Å²) in [4.78, 5) is 13.1. The summed E-state index contributed by atoms with van der Waals surface area (Å²) in [7, 11) is 2.15. The molecule has 7 heteroatoms. The second-order valence-corrected chi connectivity index (χ2v) is 7.18. The summed E-state index contributed by atoms with van der Waals surface area (Å²) in [5, 5.41) is 10.3. The fourth-order valence-corrected chi connectivity index (χ4v) is 4.11. The molecule has 124 valence electrons. The number of anilines is 1. The molecule has 0 saturated carbocycles. The lowest BCUT2D eigenvalue weighted by atomic mass is 10.1. The van der Waals surface area contributed by atoms with E-state index >= 15 is 0 Å². The third-order valence-corrected chi connectivity index (χ3v) is 5.57. The molecule has 6 nitrogen and oxygen atoms in total. The van der Waals surface area contributed by atoms with Crippen LogP contribution in [-0.2, 0) is 11.3 Å². The van der Waals surface area contributed by atoms with E-state index in [0.29, 0.717) is 6.04 Å². The number of nitrogens with zero attached hydrogens (tertiary/aromatic N) is 4. The molecule has 0 aliphatic carbocycles. The molecule has 1 aromatic heterocycles. The Balaban J connectivity index is 1.55. The first-order valence-electron chi connectivity index (χ1n) is 8.07. The summed E-state index contributed by atoms with van der Waals surface area (Å²) in [6, 6.07) is 0.463. The Hall–Kier alpha value is -0.730. The molecule has 0 spiro atoms. The molecule has 0 unspecified atom stereocenters. The maximum absolute atomic E-state index is 9.19. The highest BCUT2D eigenvalue weighted by Crippen LogP contribution is 2.25. The second-order valence-electron chi connectivity index (χ2n) is 6.09. The summed E-state index contributed by atoms with van der Waals surface area (Å²) >= 11 is 1.80. The SMILES string of the molecule is CN1CCN(Cc2cnc(N3CCOCC3)s2)C[C@@H]1CCO. The van der Waals surface area contributed by atoms with E-state index in [4.69, 9.17) is 4.74 Å². The Kier molecular flexibility index (Phi) is 5.65. The van der Waals surface area contributed by atoms with Crippen LogP contribution >= 0.6 is 11.3 Å². The summed E-state index contributed by atoms with van der Waals surface area (Å²) in [5.41, 5.74) is 0. The van der Waals surface area contributed by atoms with Crippen molar-refractivity contribution in [2.24, 2.45) is 0 Å². The highest BCUT2D eigenvalue weighted by molar-refractivity contribution is 7.15. The Bertz CT molecular complexity index is 464. The van der Waals surface area contributed by atoms with Crippen LogP contribution in [0, 0.1) is 0 Å². The van der Waals surface area contributed by atoms with Crippen LogP contribution < -0.4 is 4.90 Å². The molecule has 2 saturated heterocycles. The predicted molar refractivity (Wildman–Crippen MR) is 88.5 cm³/mol. The Morgan fingerprint density at radius 2 is 2.14 bits per heavy atom. The van der Waals surface area contributed by atoms with E-state index in [2.05, 4.69) is 26.7 Å². The highest BCUT2D eigenvalue weighted by Gasteiger charge is 2.24. The van der Waals surface area contributed by atoms with Crippen LogP contribution in [0.1, 0.15) is 11.3 Å². The minimum absolute atomic E-state index is 0.268. The van der Waals surface area contributed by atoms with Crippen LogP contribution in [0.2, 0.25) is 0 Å². The van der Waals surface area contributed by atoms with Crippen LogP contribution in [0.25, 0.3) is 0 Å². The number of piperazine rings is 1. The van der Waals surface area contributed by atoms with Crippen LogP contribution in [0.3, 0.4) is 0 Å². The van der Waals surface area contributed by atoms with E-state index in [9.17, 15) is 5.11 Å². The maximum atomic E-state index is 9.19. The highest BCUT2D eigenvalue weighted by atomic mass is 32.1. The van der Waals surface area contributed by atoms with Crippen molar-refractivity contribution in [3.63, 3.8) is 0 Å². The maximum Gasteiger partial charge on any atom is 0.185 e. The number of rotatable bonds is 5. The first-order valence-corrected chi connectivity index (χ1v) is 8.89. The molecule has 1 N–H and O–H groups in total. The molecular formula is C15H26N4O2S. The van der Waals surface area contributed by atoms with Crippen LogP contribution in [0.4, 0.5) is 5.13 Å². The molecule has 2 fully saturated rings. The van der Waals surface area contributed by atoms with Gasteiger partial charge in [-0.3, -0.25) is 4.90 Å². The molecule has 0 aromatic carbocycles. The van der Waals surface area contributed by atoms with E-state index in [1.165, 1.54) is 4.88 Å². The molecule has 1 atom stereocenters. The predicted octanol–water partition coefficient (Wildman–Crippen LogP) is 0.478. The summed E-state index contributed by atoms with van der Waals surface area (Å²) in [6.07, 6.45) is 2.88. The third kappa shape index (κ3) is 3.97. The van der Waals surface area contributed by atoms with Gasteiger partial charge in [0.15, 0.2) is 5.13 Å². The van der Waals surface area contributed by atoms with Gasteiger partial charge in [-0.25, -0.2) is 4.98 Å². The normalized spacial score (nSPS) is 24.8. The van der Waals surface area contributed by atoms with Gasteiger partial charge in [-0.1, -0.05) is 0 Å². The number of likely N-dealkylation sites (N-methyl/N-ethyl adjacent to an activating group) is 1. The lowest BCUT2D eigenvalue weighted by molar-refractivity contribution is 0.0748. The van der Waals surface area contributed by atoms with Crippen molar-refractivity contribution in [1.82, 2.24) is 14.8 Å². The average Bonchev–Trinajstić information content (AvgIpc) is 3.00. The average molecular weight is 326 g/mol. The monoisotopic (exact) mass is 326 g/mol. The van der Waals surface area contributed by atoms with E-state index in [1.807, 2.05) is 6.20 Å². The fourth-order valence-electron chi connectivity index (χ4n) is 3.11. The smallest absolute Gasteiger partial charge is 0.185 e. The van der Waals surface area contributed by atoms with Crippen molar-refractivity contribution >= 4 is 16.5 Å². The minimum atomic E-state index is 0.268. The number of morpholine rings is 1. The Morgan fingerprint density at radius 3 is 2.91 bits per heavy atom. The Labute approximate surface area is 136 Å². The molecule has 2 aliphatic heterocycles. The zero-order valence-corrected chi connectivity index (χ0v) is 14.1. The number of ether oxygens (including phenoxy) is 1. The number of hydrogen-bond acceptors (Lipinski definition) is 7. The summed E-state index contributed by atoms with van der Waals surface area (Å²) in [5.74, 6) is 0. The van der Waals surface area contributed by atoms with Crippen molar-refractivity contribution in [3.05, 3.63) is 11.1 Å². The van der Waals surface area contributed by atoms with Gasteiger partial charge in [0, 0.05) is 63.0 Å². The number of aliphatic hydroxyl groups is 1. The molecule has 22 heavy (non-hydrogen) atoms. The number of aromatic nitrogens is 1. The van der Waals surface area contributed by atoms with Crippen molar-refractivity contribution < 1.29 is 9.84 Å². The zero-order valence-electron chi connectivity index (χ0n) is 13.3. The quantitative estimate of drug-likeness (QED) is 0.849. The molecule has 3 rings (SSSR count). The van der Waals surface area contributed by atoms with Gasteiger partial charge in [0.1, 0.15) is 0 Å². The zero-order chi connectivity index (χ0) is 15.4. The van der Waals surface area contributed by atoms with Gasteiger partial charge in [-0.2, -0.15) is 0 Å². The lowest BCUT2D eigenvalue weighted by Gasteiger charge is -2.39. The molecule has 0 radical (unpaired) electrons. The molecule has 3 heterocycles. The third-order valence-electron chi connectivity index (χ3n) is 4.53. The van der Waals surface area contributed by atoms with Gasteiger partial charge in [-0.05, 0) is 13.5 Å². The van der Waals surface area contributed by atoms with Crippen molar-refractivity contribution in [3.8, 4) is 0 Å². The second kappa shape index (κ2) is 7.70. The standard InChI is InChI=1S/C15H26N4O2S/c1-17-3-4-18(11-13(17)2-7-20)12-14-10-16-15(22-14)19-5-8-21-9-6-19/h10,13,20H,2-9,11-12H2,1H3/t13-/m0/s1. The number of hydrogen-bond donors (Lipinski definition) is 1. The van der Waals surface area contributed by atoms with Gasteiger partial charge in [0.05, 0.1) is 13.2 Å². The lowest BCUT2D eigenvalue weighted by Crippen LogP contribution is -2.51. The van der Waals surface area contributed by atoms with Crippen molar-refractivity contribution in [1.29, 1.82) is 0 Å². The topological polar surface area (TPSA) is 52.1 Å². The van der Waals surface area contributed by atoms with Crippen molar-refractivity contribution in [2.75, 3.05) is 64.5 Å². The number of thiazole rings is 1. The van der Waals surface area contributed by atoms with Gasteiger partial charge in [-0.15, -0.1) is 11.3 Å². The molecule has 2 aliphatic rings. The molecule has 1 aromatic rings. The number of aliphatic hydroxyl groups excluding tert-OH is 1. The minimum Gasteiger partial charge on any atom is -0.396 e. The first kappa shape index (κ1) is 16.1. The largest absolute Gasteiger partial charge is 0.396 e. The first-order chi connectivity index (χ1) is 10.8. The van der Waals surface area contributed by atoms with E-state index < -0.39 is 0 Å². The van der Waals surface area contributed by atoms with Crippen molar-refractivity contribution in [2.45, 2.75) is 19.0 Å². The summed E-state index contributed by atoms with van der Waals surface area (Å²) in [6.45, 7) is 7.92.